The lowest BCUT2D eigenvalue weighted by molar-refractivity contribution is -0.148. The number of hydrogen-bond acceptors (Lipinski definition) is 6. The van der Waals surface area contributed by atoms with Gasteiger partial charge >= 0.3 is 11.7 Å². The molecule has 1 aromatic rings. The minimum atomic E-state index is -2.77. The molecule has 0 saturated carbocycles. The Morgan fingerprint density at radius 2 is 2.00 bits per heavy atom. The Morgan fingerprint density at radius 1 is 1.35 bits per heavy atom. The van der Waals surface area contributed by atoms with Crippen LogP contribution in [0.5, 0.6) is 0 Å². The number of rotatable bonds is 8. The molecule has 0 radical (unpaired) electrons. The summed E-state index contributed by atoms with van der Waals surface area (Å²) in [6.45, 7) is 5.20. The molecule has 130 valence electrons. The van der Waals surface area contributed by atoms with Crippen LogP contribution in [-0.2, 0) is 25.4 Å². The van der Waals surface area contributed by atoms with E-state index in [9.17, 15) is 18.9 Å². The summed E-state index contributed by atoms with van der Waals surface area (Å²) in [5, 5.41) is 0. The third-order valence-corrected chi connectivity index (χ3v) is 4.72. The van der Waals surface area contributed by atoms with Crippen molar-refractivity contribution in [2.75, 3.05) is 27.0 Å². The number of aromatic amines is 1. The number of carbonyl (C=O) groups is 1. The van der Waals surface area contributed by atoms with Gasteiger partial charge in [0.15, 0.2) is 0 Å². The number of ether oxygens (including phenoxy) is 2. The summed E-state index contributed by atoms with van der Waals surface area (Å²) >= 11 is 0. The number of esters is 1. The maximum atomic E-state index is 12.0. The third-order valence-electron chi connectivity index (χ3n) is 3.23. The van der Waals surface area contributed by atoms with E-state index in [-0.39, 0.29) is 6.61 Å². The Bertz CT molecular complexity index is 702. The number of aryl methyl sites for hydroxylation is 2. The first-order valence-electron chi connectivity index (χ1n) is 7.21. The Kier molecular flexibility index (Phi) is 6.97. The van der Waals surface area contributed by atoms with E-state index in [1.807, 2.05) is 0 Å². The fourth-order valence-corrected chi connectivity index (χ4v) is 3.04. The number of aromatic nitrogens is 2. The summed E-state index contributed by atoms with van der Waals surface area (Å²) in [5.74, 6) is -1.71. The van der Waals surface area contributed by atoms with E-state index in [0.29, 0.717) is 24.9 Å². The molecular weight excluding hydrogens is 323 g/mol. The lowest BCUT2D eigenvalue weighted by Crippen LogP contribution is -2.31. The average molecular weight is 346 g/mol. The number of nitrogens with one attached hydrogen (secondary N) is 1. The van der Waals surface area contributed by atoms with Crippen LogP contribution in [0, 0.1) is 6.92 Å². The molecule has 1 rings (SSSR count). The standard InChI is InChI=1S/C14H23N2O6P/c1-10-9-16(14(19)15-11(10)17)7-5-6-8-22-13(12(18)21-2)23(3,4)20/h9,13H,5-8H2,1-4H3,(H,15,17,19). The number of nitrogens with zero attached hydrogens (tertiary/aromatic N) is 1. The molecule has 1 N–H and O–H groups in total. The van der Waals surface area contributed by atoms with Crippen molar-refractivity contribution in [3.63, 3.8) is 0 Å². The van der Waals surface area contributed by atoms with Crippen LogP contribution in [0.2, 0.25) is 0 Å². The van der Waals surface area contributed by atoms with Crippen LogP contribution in [0.15, 0.2) is 15.8 Å². The number of hydrogen-bond donors (Lipinski definition) is 1. The number of unbranched alkanes of at least 4 members (excludes halogenated alkanes) is 1. The predicted octanol–water partition coefficient (Wildman–Crippen LogP) is 0.764. The zero-order valence-corrected chi connectivity index (χ0v) is 14.7. The lowest BCUT2D eigenvalue weighted by Gasteiger charge is -2.19. The molecule has 1 aromatic heterocycles. The molecule has 0 fully saturated rings. The molecule has 9 heteroatoms. The van der Waals surface area contributed by atoms with Gasteiger partial charge in [0.25, 0.3) is 5.56 Å². The number of carbonyl (C=O) groups excluding carboxylic acids is 1. The Balaban J connectivity index is 2.50. The summed E-state index contributed by atoms with van der Waals surface area (Å²) in [6, 6.07) is 0. The molecule has 0 saturated heterocycles. The van der Waals surface area contributed by atoms with Crippen molar-refractivity contribution < 1.29 is 18.8 Å². The molecule has 8 nitrogen and oxygen atoms in total. The molecular formula is C14H23N2O6P. The molecule has 0 aliphatic rings. The van der Waals surface area contributed by atoms with Gasteiger partial charge in [0.2, 0.25) is 5.85 Å². The minimum absolute atomic E-state index is 0.225. The van der Waals surface area contributed by atoms with Crippen LogP contribution >= 0.6 is 7.14 Å². The SMILES string of the molecule is COC(=O)C(OCCCCn1cc(C)c(=O)[nH]c1=O)P(C)(C)=O. The molecule has 1 atom stereocenters. The monoisotopic (exact) mass is 346 g/mol. The second kappa shape index (κ2) is 8.26. The van der Waals surface area contributed by atoms with E-state index in [1.54, 1.807) is 6.92 Å². The van der Waals surface area contributed by atoms with E-state index in [0.717, 1.165) is 0 Å². The third kappa shape index (κ3) is 5.80. The molecule has 0 spiro atoms. The van der Waals surface area contributed by atoms with E-state index in [1.165, 1.54) is 31.2 Å². The summed E-state index contributed by atoms with van der Waals surface area (Å²) in [5.41, 5.74) is -0.387. The predicted molar refractivity (Wildman–Crippen MR) is 86.5 cm³/mol. The van der Waals surface area contributed by atoms with Gasteiger partial charge in [0, 0.05) is 24.9 Å². The van der Waals surface area contributed by atoms with Gasteiger partial charge in [-0.25, -0.2) is 9.59 Å². The highest BCUT2D eigenvalue weighted by Crippen LogP contribution is 2.43. The van der Waals surface area contributed by atoms with Crippen molar-refractivity contribution in [3.05, 3.63) is 32.6 Å². The van der Waals surface area contributed by atoms with Crippen LogP contribution in [0.25, 0.3) is 0 Å². The van der Waals surface area contributed by atoms with Gasteiger partial charge in [-0.1, -0.05) is 0 Å². The maximum Gasteiger partial charge on any atom is 0.342 e. The summed E-state index contributed by atoms with van der Waals surface area (Å²) < 4.78 is 23.4. The maximum absolute atomic E-state index is 12.0. The number of H-pyrrole nitrogens is 1. The molecule has 0 aromatic carbocycles. The van der Waals surface area contributed by atoms with Gasteiger partial charge in [0.05, 0.1) is 7.11 Å². The van der Waals surface area contributed by atoms with Crippen LogP contribution in [0.1, 0.15) is 18.4 Å². The van der Waals surface area contributed by atoms with Crippen LogP contribution < -0.4 is 11.2 Å². The first kappa shape index (κ1) is 19.4. The van der Waals surface area contributed by atoms with Crippen molar-refractivity contribution in [1.82, 2.24) is 9.55 Å². The fourth-order valence-electron chi connectivity index (χ4n) is 1.97. The quantitative estimate of drug-likeness (QED) is 0.423. The van der Waals surface area contributed by atoms with Crippen LogP contribution in [0.3, 0.4) is 0 Å². The molecule has 1 heterocycles. The van der Waals surface area contributed by atoms with E-state index in [4.69, 9.17) is 4.74 Å². The second-order valence-electron chi connectivity index (χ2n) is 5.65. The zero-order valence-electron chi connectivity index (χ0n) is 13.8. The van der Waals surface area contributed by atoms with Gasteiger partial charge in [0.1, 0.15) is 7.14 Å². The van der Waals surface area contributed by atoms with Crippen LogP contribution in [-0.4, -0.2) is 48.4 Å². The van der Waals surface area contributed by atoms with E-state index >= 15 is 0 Å². The highest BCUT2D eigenvalue weighted by molar-refractivity contribution is 7.63. The van der Waals surface area contributed by atoms with Crippen molar-refractivity contribution in [3.8, 4) is 0 Å². The fraction of sp³-hybridized carbons (Fsp3) is 0.643. The van der Waals surface area contributed by atoms with E-state index in [2.05, 4.69) is 9.72 Å². The molecule has 0 aliphatic carbocycles. The van der Waals surface area contributed by atoms with Crippen molar-refractivity contribution in [2.24, 2.45) is 0 Å². The van der Waals surface area contributed by atoms with Crippen molar-refractivity contribution in [1.29, 1.82) is 0 Å². The van der Waals surface area contributed by atoms with Gasteiger partial charge in [-0.3, -0.25) is 9.78 Å². The normalized spacial score (nSPS) is 12.9. The average Bonchev–Trinajstić information content (AvgIpc) is 2.45. The molecule has 0 amide bonds. The molecule has 23 heavy (non-hydrogen) atoms. The highest BCUT2D eigenvalue weighted by Gasteiger charge is 2.32. The highest BCUT2D eigenvalue weighted by atomic mass is 31.2. The number of methoxy groups -OCH3 is 1. The zero-order chi connectivity index (χ0) is 17.6. The Labute approximate surface area is 134 Å². The van der Waals surface area contributed by atoms with Gasteiger partial charge in [-0.2, -0.15) is 0 Å². The topological polar surface area (TPSA) is 107 Å². The molecule has 0 bridgehead atoms. The first-order chi connectivity index (χ1) is 10.7. The van der Waals surface area contributed by atoms with E-state index < -0.39 is 30.2 Å². The largest absolute Gasteiger partial charge is 0.467 e. The Hall–Kier alpha value is -1.66. The summed E-state index contributed by atoms with van der Waals surface area (Å²) in [4.78, 5) is 36.7. The smallest absolute Gasteiger partial charge is 0.342 e. The van der Waals surface area contributed by atoms with Crippen molar-refractivity contribution >= 4 is 13.1 Å². The van der Waals surface area contributed by atoms with Gasteiger partial charge in [-0.05, 0) is 33.1 Å². The first-order valence-corrected chi connectivity index (χ1v) is 9.88. The lowest BCUT2D eigenvalue weighted by atomic mass is 10.3. The van der Waals surface area contributed by atoms with Crippen LogP contribution in [0.4, 0.5) is 0 Å². The summed E-state index contributed by atoms with van der Waals surface area (Å²) in [7, 11) is -1.55. The summed E-state index contributed by atoms with van der Waals surface area (Å²) in [6.07, 6.45) is 2.68. The minimum Gasteiger partial charge on any atom is -0.467 e. The van der Waals surface area contributed by atoms with Gasteiger partial charge < -0.3 is 18.6 Å². The molecule has 0 aliphatic heterocycles. The van der Waals surface area contributed by atoms with Gasteiger partial charge in [-0.15, -0.1) is 0 Å². The Morgan fingerprint density at radius 3 is 2.57 bits per heavy atom. The van der Waals surface area contributed by atoms with Crippen molar-refractivity contribution in [2.45, 2.75) is 32.2 Å². The second-order valence-corrected chi connectivity index (χ2v) is 8.99. The molecule has 1 unspecified atom stereocenters.